The van der Waals surface area contributed by atoms with E-state index in [1.54, 1.807) is 0 Å². The third-order valence-corrected chi connectivity index (χ3v) is 4.26. The van der Waals surface area contributed by atoms with Gasteiger partial charge in [0.2, 0.25) is 0 Å². The van der Waals surface area contributed by atoms with E-state index in [9.17, 15) is 0 Å². The van der Waals surface area contributed by atoms with E-state index in [1.165, 1.54) is 77.0 Å². The Labute approximate surface area is 127 Å². The van der Waals surface area contributed by atoms with Gasteiger partial charge < -0.3 is 10.2 Å². The lowest BCUT2D eigenvalue weighted by molar-refractivity contribution is 0.278. The number of hydrogen-bond acceptors (Lipinski definition) is 2. The Kier molecular flexibility index (Phi) is 16.9. The second-order valence-electron chi connectivity index (χ2n) is 6.21. The summed E-state index contributed by atoms with van der Waals surface area (Å²) >= 11 is 0. The molecule has 0 aromatic heterocycles. The Morgan fingerprint density at radius 3 is 1.35 bits per heavy atom. The Hall–Kier alpha value is -0.0800. The molecule has 0 aliphatic rings. The molecule has 0 rings (SSSR count). The first-order valence-electron chi connectivity index (χ1n) is 9.06. The highest BCUT2D eigenvalue weighted by Gasteiger charge is 2.08. The second-order valence-corrected chi connectivity index (χ2v) is 6.21. The van der Waals surface area contributed by atoms with Crippen LogP contribution in [0, 0.1) is 5.92 Å². The second kappa shape index (κ2) is 17.0. The average Bonchev–Trinajstić information content (AvgIpc) is 2.46. The van der Waals surface area contributed by atoms with Crippen molar-refractivity contribution in [2.24, 2.45) is 5.92 Å². The first-order chi connectivity index (χ1) is 9.85. The smallest absolute Gasteiger partial charge is 0.0431 e. The summed E-state index contributed by atoms with van der Waals surface area (Å²) in [5.74, 6) is 0.921. The van der Waals surface area contributed by atoms with Crippen molar-refractivity contribution < 1.29 is 10.2 Å². The molecule has 2 nitrogen and oxygen atoms in total. The molecule has 0 saturated heterocycles. The topological polar surface area (TPSA) is 40.5 Å². The lowest BCUT2D eigenvalue weighted by atomic mass is 9.90. The molecular weight excluding hydrogens is 248 g/mol. The first-order valence-corrected chi connectivity index (χ1v) is 9.06. The van der Waals surface area contributed by atoms with Crippen molar-refractivity contribution in [3.63, 3.8) is 0 Å². The summed E-state index contributed by atoms with van der Waals surface area (Å²) in [5, 5.41) is 17.6. The molecule has 2 N–H and O–H groups in total. The minimum atomic E-state index is 0.352. The van der Waals surface area contributed by atoms with Crippen LogP contribution in [0.25, 0.3) is 0 Å². The van der Waals surface area contributed by atoms with E-state index >= 15 is 0 Å². The highest BCUT2D eigenvalue weighted by molar-refractivity contribution is 4.61. The summed E-state index contributed by atoms with van der Waals surface area (Å²) in [7, 11) is 0. The summed E-state index contributed by atoms with van der Waals surface area (Å²) in [6.07, 6.45) is 17.9. The molecule has 0 amide bonds. The van der Waals surface area contributed by atoms with Gasteiger partial charge in [0.05, 0.1) is 0 Å². The van der Waals surface area contributed by atoms with Crippen molar-refractivity contribution in [3.8, 4) is 0 Å². The van der Waals surface area contributed by atoms with Crippen molar-refractivity contribution in [2.45, 2.75) is 96.8 Å². The van der Waals surface area contributed by atoms with Crippen LogP contribution in [0.15, 0.2) is 0 Å². The van der Waals surface area contributed by atoms with Crippen LogP contribution in [0.4, 0.5) is 0 Å². The van der Waals surface area contributed by atoms with Crippen LogP contribution in [-0.2, 0) is 0 Å². The van der Waals surface area contributed by atoms with Crippen LogP contribution < -0.4 is 0 Å². The molecular formula is C18H38O2. The Morgan fingerprint density at radius 2 is 0.950 bits per heavy atom. The standard InChI is InChI=1S/C18H38O2/c1-2-3-8-13-18(14-9-4-6-11-16-19)15-10-5-7-12-17-20/h18-20H,2-17H2,1H3. The molecule has 0 heterocycles. The van der Waals surface area contributed by atoms with Gasteiger partial charge in [0.1, 0.15) is 0 Å². The Bertz CT molecular complexity index is 157. The maximum Gasteiger partial charge on any atom is 0.0431 e. The lowest BCUT2D eigenvalue weighted by Gasteiger charge is -2.16. The van der Waals surface area contributed by atoms with E-state index in [0.29, 0.717) is 13.2 Å². The van der Waals surface area contributed by atoms with E-state index in [0.717, 1.165) is 18.8 Å². The summed E-state index contributed by atoms with van der Waals surface area (Å²) in [6, 6.07) is 0. The van der Waals surface area contributed by atoms with Gasteiger partial charge in [-0.15, -0.1) is 0 Å². The zero-order chi connectivity index (χ0) is 14.9. The van der Waals surface area contributed by atoms with E-state index in [1.807, 2.05) is 0 Å². The molecule has 0 aromatic carbocycles. The molecule has 0 unspecified atom stereocenters. The van der Waals surface area contributed by atoms with Gasteiger partial charge in [0.15, 0.2) is 0 Å². The zero-order valence-electron chi connectivity index (χ0n) is 13.8. The summed E-state index contributed by atoms with van der Waals surface area (Å²) in [6.45, 7) is 2.98. The Morgan fingerprint density at radius 1 is 0.550 bits per heavy atom. The van der Waals surface area contributed by atoms with Crippen molar-refractivity contribution >= 4 is 0 Å². The third-order valence-electron chi connectivity index (χ3n) is 4.26. The number of rotatable bonds is 16. The van der Waals surface area contributed by atoms with Gasteiger partial charge >= 0.3 is 0 Å². The largest absolute Gasteiger partial charge is 0.396 e. The number of hydrogen-bond donors (Lipinski definition) is 2. The highest BCUT2D eigenvalue weighted by Crippen LogP contribution is 2.23. The van der Waals surface area contributed by atoms with Gasteiger partial charge in [-0.3, -0.25) is 0 Å². The quantitative estimate of drug-likeness (QED) is 0.389. The lowest BCUT2D eigenvalue weighted by Crippen LogP contribution is -2.01. The third kappa shape index (κ3) is 14.3. The first kappa shape index (κ1) is 19.9. The van der Waals surface area contributed by atoms with Crippen molar-refractivity contribution in [1.29, 1.82) is 0 Å². The van der Waals surface area contributed by atoms with Crippen molar-refractivity contribution in [2.75, 3.05) is 13.2 Å². The molecule has 0 atom stereocenters. The maximum atomic E-state index is 8.79. The van der Waals surface area contributed by atoms with Crippen LogP contribution in [0.5, 0.6) is 0 Å². The average molecular weight is 286 g/mol. The Balaban J connectivity index is 3.64. The number of aliphatic hydroxyl groups excluding tert-OH is 2. The van der Waals surface area contributed by atoms with Crippen LogP contribution in [0.3, 0.4) is 0 Å². The fraction of sp³-hybridized carbons (Fsp3) is 1.00. The molecule has 0 radical (unpaired) electrons. The van der Waals surface area contributed by atoms with Crippen LogP contribution in [-0.4, -0.2) is 23.4 Å². The van der Waals surface area contributed by atoms with Crippen LogP contribution in [0.2, 0.25) is 0 Å². The van der Waals surface area contributed by atoms with Gasteiger partial charge in [-0.1, -0.05) is 84.0 Å². The van der Waals surface area contributed by atoms with Gasteiger partial charge in [-0.05, 0) is 18.8 Å². The normalized spacial score (nSPS) is 11.4. The molecule has 0 aliphatic heterocycles. The van der Waals surface area contributed by atoms with Gasteiger partial charge in [0, 0.05) is 13.2 Å². The van der Waals surface area contributed by atoms with Crippen molar-refractivity contribution in [3.05, 3.63) is 0 Å². The molecule has 0 aliphatic carbocycles. The maximum absolute atomic E-state index is 8.79. The molecule has 0 saturated carbocycles. The van der Waals surface area contributed by atoms with Gasteiger partial charge in [-0.2, -0.15) is 0 Å². The molecule has 122 valence electrons. The highest BCUT2D eigenvalue weighted by atomic mass is 16.3. The fourth-order valence-electron chi connectivity index (χ4n) is 2.91. The predicted octanol–water partition coefficient (Wildman–Crippen LogP) is 5.07. The SMILES string of the molecule is CCCCCC(CCCCCCO)CCCCCCO. The van der Waals surface area contributed by atoms with Gasteiger partial charge in [-0.25, -0.2) is 0 Å². The van der Waals surface area contributed by atoms with Crippen LogP contribution >= 0.6 is 0 Å². The monoisotopic (exact) mass is 286 g/mol. The predicted molar refractivity (Wildman–Crippen MR) is 88.0 cm³/mol. The summed E-state index contributed by atoms with van der Waals surface area (Å²) < 4.78 is 0. The molecule has 20 heavy (non-hydrogen) atoms. The fourth-order valence-corrected chi connectivity index (χ4v) is 2.91. The summed E-state index contributed by atoms with van der Waals surface area (Å²) in [4.78, 5) is 0. The molecule has 0 bridgehead atoms. The summed E-state index contributed by atoms with van der Waals surface area (Å²) in [5.41, 5.74) is 0. The van der Waals surface area contributed by atoms with Gasteiger partial charge in [0.25, 0.3) is 0 Å². The van der Waals surface area contributed by atoms with E-state index in [-0.39, 0.29) is 0 Å². The number of unbranched alkanes of at least 4 members (excludes halogenated alkanes) is 8. The van der Waals surface area contributed by atoms with E-state index in [4.69, 9.17) is 10.2 Å². The van der Waals surface area contributed by atoms with Crippen LogP contribution in [0.1, 0.15) is 96.8 Å². The minimum absolute atomic E-state index is 0.352. The zero-order valence-corrected chi connectivity index (χ0v) is 13.8. The molecule has 0 aromatic rings. The van der Waals surface area contributed by atoms with E-state index in [2.05, 4.69) is 6.92 Å². The van der Waals surface area contributed by atoms with E-state index < -0.39 is 0 Å². The number of aliphatic hydroxyl groups is 2. The molecule has 0 spiro atoms. The molecule has 0 fully saturated rings. The van der Waals surface area contributed by atoms with Crippen molar-refractivity contribution in [1.82, 2.24) is 0 Å². The minimum Gasteiger partial charge on any atom is -0.396 e. The molecule has 2 heteroatoms.